The number of likely N-dealkylation sites (N-methyl/N-ethyl adjacent to an activating group) is 1. The van der Waals surface area contributed by atoms with Crippen molar-refractivity contribution < 1.29 is 14.3 Å². The number of imidazole rings is 1. The standard InChI is InChI=1S/C20H29N5O3/c1-23-6-4-20(19(27)24-8-14-11-28-12-15(14)9-24)3-2-5-25(17(20)10-23)18(26)16-7-21-13-22-16/h7,13-15,17H,2-6,8-12H2,1H3,(H,21,22)/t14-,15+,17-,20+/m0/s1. The first-order chi connectivity index (χ1) is 13.6. The van der Waals surface area contributed by atoms with Gasteiger partial charge in [0.15, 0.2) is 0 Å². The van der Waals surface area contributed by atoms with Gasteiger partial charge in [-0.25, -0.2) is 4.98 Å². The van der Waals surface area contributed by atoms with E-state index >= 15 is 0 Å². The maximum absolute atomic E-state index is 13.9. The van der Waals surface area contributed by atoms with Gasteiger partial charge >= 0.3 is 0 Å². The molecule has 0 spiro atoms. The minimum Gasteiger partial charge on any atom is -0.381 e. The third kappa shape index (κ3) is 2.76. The fourth-order valence-corrected chi connectivity index (χ4v) is 5.82. The molecule has 1 aromatic rings. The molecule has 28 heavy (non-hydrogen) atoms. The first-order valence-electron chi connectivity index (χ1n) is 10.4. The van der Waals surface area contributed by atoms with Gasteiger partial charge in [-0.05, 0) is 32.9 Å². The van der Waals surface area contributed by atoms with Crippen LogP contribution in [0.3, 0.4) is 0 Å². The molecule has 8 heteroatoms. The van der Waals surface area contributed by atoms with Crippen molar-refractivity contribution in [1.29, 1.82) is 0 Å². The summed E-state index contributed by atoms with van der Waals surface area (Å²) in [6.07, 6.45) is 5.68. The fourth-order valence-electron chi connectivity index (χ4n) is 5.82. The van der Waals surface area contributed by atoms with Gasteiger partial charge in [-0.2, -0.15) is 0 Å². The lowest BCUT2D eigenvalue weighted by Gasteiger charge is -2.54. The molecular weight excluding hydrogens is 358 g/mol. The van der Waals surface area contributed by atoms with Crippen molar-refractivity contribution in [3.63, 3.8) is 0 Å². The predicted molar refractivity (Wildman–Crippen MR) is 102 cm³/mol. The van der Waals surface area contributed by atoms with Crippen molar-refractivity contribution in [2.75, 3.05) is 53.0 Å². The van der Waals surface area contributed by atoms with E-state index in [2.05, 4.69) is 26.8 Å². The molecule has 1 N–H and O–H groups in total. The van der Waals surface area contributed by atoms with Crippen LogP contribution >= 0.6 is 0 Å². The Kier molecular flexibility index (Phi) is 4.43. The summed E-state index contributed by atoms with van der Waals surface area (Å²) in [5.74, 6) is 1.19. The maximum Gasteiger partial charge on any atom is 0.272 e. The third-order valence-corrected chi connectivity index (χ3v) is 7.40. The molecule has 4 aliphatic rings. The number of nitrogens with one attached hydrogen (secondary N) is 1. The van der Waals surface area contributed by atoms with E-state index in [-0.39, 0.29) is 17.9 Å². The van der Waals surface area contributed by atoms with Crippen LogP contribution in [0.1, 0.15) is 29.8 Å². The highest BCUT2D eigenvalue weighted by Crippen LogP contribution is 2.45. The number of rotatable bonds is 2. The zero-order chi connectivity index (χ0) is 19.3. The second-order valence-corrected chi connectivity index (χ2v) is 9.02. The van der Waals surface area contributed by atoms with Crippen LogP contribution in [0.2, 0.25) is 0 Å². The number of hydrogen-bond donors (Lipinski definition) is 1. The summed E-state index contributed by atoms with van der Waals surface area (Å²) in [5, 5.41) is 0. The molecule has 152 valence electrons. The molecule has 0 aliphatic carbocycles. The first kappa shape index (κ1) is 18.1. The number of amides is 2. The minimum atomic E-state index is -0.458. The first-order valence-corrected chi connectivity index (χ1v) is 10.4. The van der Waals surface area contributed by atoms with Crippen molar-refractivity contribution in [1.82, 2.24) is 24.7 Å². The van der Waals surface area contributed by atoms with Gasteiger partial charge in [-0.1, -0.05) is 0 Å². The number of hydrogen-bond acceptors (Lipinski definition) is 5. The maximum atomic E-state index is 13.9. The van der Waals surface area contributed by atoms with Crippen LogP contribution in [-0.2, 0) is 9.53 Å². The van der Waals surface area contributed by atoms with Crippen LogP contribution < -0.4 is 0 Å². The van der Waals surface area contributed by atoms with E-state index < -0.39 is 5.41 Å². The molecule has 0 aromatic carbocycles. The number of H-pyrrole nitrogens is 1. The summed E-state index contributed by atoms with van der Waals surface area (Å²) in [5.41, 5.74) is 0.0456. The smallest absolute Gasteiger partial charge is 0.272 e. The quantitative estimate of drug-likeness (QED) is 0.796. The van der Waals surface area contributed by atoms with Gasteiger partial charge in [0.25, 0.3) is 5.91 Å². The van der Waals surface area contributed by atoms with Gasteiger partial charge < -0.3 is 24.4 Å². The SMILES string of the molecule is CN1CC[C@]2(C(=O)N3C[C@H]4COC[C@H]4C3)CCCN(C(=O)c3cnc[nH]3)[C@H]2C1. The van der Waals surface area contributed by atoms with Crippen molar-refractivity contribution in [2.45, 2.75) is 25.3 Å². The van der Waals surface area contributed by atoms with E-state index in [0.29, 0.717) is 24.1 Å². The van der Waals surface area contributed by atoms with Gasteiger partial charge in [0.05, 0.1) is 37.2 Å². The Balaban J connectivity index is 1.43. The molecular formula is C20H29N5O3. The van der Waals surface area contributed by atoms with Crippen molar-refractivity contribution in [3.05, 3.63) is 18.2 Å². The van der Waals surface area contributed by atoms with Gasteiger partial charge in [-0.15, -0.1) is 0 Å². The Morgan fingerprint density at radius 1 is 1.18 bits per heavy atom. The van der Waals surface area contributed by atoms with E-state index in [4.69, 9.17) is 4.74 Å². The zero-order valence-corrected chi connectivity index (χ0v) is 16.5. The van der Waals surface area contributed by atoms with Gasteiger partial charge in [0.2, 0.25) is 5.91 Å². The van der Waals surface area contributed by atoms with E-state index in [9.17, 15) is 9.59 Å². The Hall–Kier alpha value is -1.93. The number of aromatic amines is 1. The number of nitrogens with zero attached hydrogens (tertiary/aromatic N) is 4. The average molecular weight is 387 g/mol. The molecule has 4 saturated heterocycles. The molecule has 0 unspecified atom stereocenters. The Labute approximate surface area is 165 Å². The highest BCUT2D eigenvalue weighted by atomic mass is 16.5. The summed E-state index contributed by atoms with van der Waals surface area (Å²) in [7, 11) is 2.08. The van der Waals surface area contributed by atoms with E-state index in [1.54, 1.807) is 6.20 Å². The van der Waals surface area contributed by atoms with Crippen LogP contribution in [0.15, 0.2) is 12.5 Å². The summed E-state index contributed by atoms with van der Waals surface area (Å²) in [4.78, 5) is 40.2. The minimum absolute atomic E-state index is 0.0404. The van der Waals surface area contributed by atoms with E-state index in [1.807, 2.05) is 4.90 Å². The summed E-state index contributed by atoms with van der Waals surface area (Å²) < 4.78 is 5.59. The summed E-state index contributed by atoms with van der Waals surface area (Å²) >= 11 is 0. The Morgan fingerprint density at radius 3 is 2.68 bits per heavy atom. The zero-order valence-electron chi connectivity index (χ0n) is 16.5. The number of piperidine rings is 2. The molecule has 0 radical (unpaired) electrons. The van der Waals surface area contributed by atoms with Crippen molar-refractivity contribution in [3.8, 4) is 0 Å². The third-order valence-electron chi connectivity index (χ3n) is 7.40. The second-order valence-electron chi connectivity index (χ2n) is 9.02. The normalized spacial score (nSPS) is 35.7. The van der Waals surface area contributed by atoms with Crippen LogP contribution in [0.5, 0.6) is 0 Å². The molecule has 4 atom stereocenters. The number of fused-ring (bicyclic) bond motifs is 2. The van der Waals surface area contributed by atoms with Crippen LogP contribution in [-0.4, -0.2) is 95.5 Å². The molecule has 5 rings (SSSR count). The highest BCUT2D eigenvalue weighted by Gasteiger charge is 2.56. The lowest BCUT2D eigenvalue weighted by molar-refractivity contribution is -0.153. The van der Waals surface area contributed by atoms with Crippen LogP contribution in [0.4, 0.5) is 0 Å². The lowest BCUT2D eigenvalue weighted by Crippen LogP contribution is -2.66. The van der Waals surface area contributed by atoms with E-state index in [0.717, 1.165) is 58.7 Å². The summed E-state index contributed by atoms with van der Waals surface area (Å²) in [6, 6.07) is -0.0833. The highest BCUT2D eigenvalue weighted by molar-refractivity contribution is 5.93. The number of likely N-dealkylation sites (tertiary alicyclic amines) is 3. The van der Waals surface area contributed by atoms with Crippen LogP contribution in [0.25, 0.3) is 0 Å². The van der Waals surface area contributed by atoms with Gasteiger partial charge in [0, 0.05) is 38.0 Å². The monoisotopic (exact) mass is 387 g/mol. The Bertz CT molecular complexity index is 741. The largest absolute Gasteiger partial charge is 0.381 e. The molecule has 1 aromatic heterocycles. The van der Waals surface area contributed by atoms with Crippen molar-refractivity contribution >= 4 is 11.8 Å². The van der Waals surface area contributed by atoms with Crippen molar-refractivity contribution in [2.24, 2.45) is 17.3 Å². The lowest BCUT2D eigenvalue weighted by atomic mass is 9.67. The number of carbonyl (C=O) groups excluding carboxylic acids is 2. The number of carbonyl (C=O) groups is 2. The van der Waals surface area contributed by atoms with Crippen LogP contribution in [0, 0.1) is 17.3 Å². The molecule has 8 nitrogen and oxygen atoms in total. The van der Waals surface area contributed by atoms with E-state index in [1.165, 1.54) is 6.33 Å². The fraction of sp³-hybridized carbons (Fsp3) is 0.750. The molecule has 2 amide bonds. The average Bonchev–Trinajstić information content (AvgIpc) is 3.43. The second kappa shape index (κ2) is 6.84. The predicted octanol–water partition coefficient (Wildman–Crippen LogP) is 0.441. The molecule has 0 bridgehead atoms. The Morgan fingerprint density at radius 2 is 1.96 bits per heavy atom. The molecule has 5 heterocycles. The summed E-state index contributed by atoms with van der Waals surface area (Å²) in [6.45, 7) is 5.51. The molecule has 0 saturated carbocycles. The van der Waals surface area contributed by atoms with Gasteiger partial charge in [0.1, 0.15) is 5.69 Å². The number of aromatic nitrogens is 2. The molecule has 4 aliphatic heterocycles. The number of ether oxygens (including phenoxy) is 1. The molecule has 4 fully saturated rings. The topological polar surface area (TPSA) is 81.8 Å². The van der Waals surface area contributed by atoms with Gasteiger partial charge in [-0.3, -0.25) is 9.59 Å².